The van der Waals surface area contributed by atoms with Crippen LogP contribution in [0.25, 0.3) is 27.0 Å². The standard InChI is InChI=1S/C32H19Cl2F4N5O2S/c1-39-29-22(33)11-13-43(2,24-12-14-46-28(24)17-7-9-19(35)10-8-17)31(45)21-15-18-5-3-4-6-20(18)26(34)27(21)40-30(44)23-16-25(32(36,37)38)41-42(23)29/h3-16H,1H2,2H3/p+1/b13-11-,29-22-. The van der Waals surface area contributed by atoms with E-state index < -0.39 is 45.5 Å². The summed E-state index contributed by atoms with van der Waals surface area (Å²) in [5.41, 5.74) is -1.06. The van der Waals surface area contributed by atoms with Crippen LogP contribution in [0.4, 0.5) is 28.9 Å². The average molecular weight is 686 g/mol. The van der Waals surface area contributed by atoms with Gasteiger partial charge in [-0.1, -0.05) is 59.6 Å². The van der Waals surface area contributed by atoms with Gasteiger partial charge in [0, 0.05) is 23.6 Å². The van der Waals surface area contributed by atoms with E-state index in [1.54, 1.807) is 61.0 Å². The fraction of sp³-hybridized carbons (Fsp3) is 0.0625. The molecule has 3 aromatic carbocycles. The number of quaternary nitrogens is 1. The van der Waals surface area contributed by atoms with Gasteiger partial charge < -0.3 is 5.32 Å². The third-order valence-electron chi connectivity index (χ3n) is 7.44. The van der Waals surface area contributed by atoms with Crippen LogP contribution in [-0.4, -0.2) is 35.4 Å². The summed E-state index contributed by atoms with van der Waals surface area (Å²) in [6.45, 7) is 3.42. The first-order valence-corrected chi connectivity index (χ1v) is 15.0. The normalized spacial score (nSPS) is 19.5. The van der Waals surface area contributed by atoms with Crippen molar-refractivity contribution in [3.05, 3.63) is 117 Å². The Balaban J connectivity index is 1.69. The second-order valence-corrected chi connectivity index (χ2v) is 12.0. The molecular weight excluding hydrogens is 665 g/mol. The van der Waals surface area contributed by atoms with E-state index in [1.165, 1.54) is 35.7 Å². The van der Waals surface area contributed by atoms with Gasteiger partial charge in [0.2, 0.25) is 0 Å². The van der Waals surface area contributed by atoms with Crippen molar-refractivity contribution in [3.63, 3.8) is 0 Å². The number of fused-ring (bicyclic) bond motifs is 3. The molecule has 0 bridgehead atoms. The third-order valence-corrected chi connectivity index (χ3v) is 9.08. The van der Waals surface area contributed by atoms with E-state index in [9.17, 15) is 27.2 Å². The fourth-order valence-electron chi connectivity index (χ4n) is 5.14. The number of hydrogen-bond acceptors (Lipinski definition) is 5. The van der Waals surface area contributed by atoms with Crippen LogP contribution in [0.2, 0.25) is 5.02 Å². The lowest BCUT2D eigenvalue weighted by atomic mass is 10.0. The first-order chi connectivity index (χ1) is 21.8. The number of nitrogens with zero attached hydrogens (tertiary/aromatic N) is 4. The number of benzene rings is 3. The molecule has 14 heteroatoms. The monoisotopic (exact) mass is 684 g/mol. The number of anilines is 1. The largest absolute Gasteiger partial charge is 0.435 e. The molecule has 0 spiro atoms. The van der Waals surface area contributed by atoms with E-state index in [4.69, 9.17) is 23.2 Å². The van der Waals surface area contributed by atoms with Gasteiger partial charge in [0.05, 0.1) is 27.7 Å². The summed E-state index contributed by atoms with van der Waals surface area (Å²) in [5.74, 6) is -2.49. The minimum absolute atomic E-state index is 0.00998. The number of aromatic nitrogens is 2. The zero-order chi connectivity index (χ0) is 33.0. The Morgan fingerprint density at radius 2 is 1.76 bits per heavy atom. The number of nitrogens with one attached hydrogen (secondary N) is 1. The Labute approximate surface area is 272 Å². The van der Waals surface area contributed by atoms with Crippen molar-refractivity contribution in [2.45, 2.75) is 6.18 Å². The summed E-state index contributed by atoms with van der Waals surface area (Å²) in [4.78, 5) is 33.0. The summed E-state index contributed by atoms with van der Waals surface area (Å²) in [6, 6.07) is 16.4. The molecule has 6 rings (SSSR count). The topological polar surface area (TPSA) is 76.3 Å². The lowest BCUT2D eigenvalue weighted by molar-refractivity contribution is -0.141. The van der Waals surface area contributed by atoms with Gasteiger partial charge in [0.1, 0.15) is 23.3 Å². The number of carbonyl (C=O) groups excluding carboxylic acids is 2. The van der Waals surface area contributed by atoms with Crippen molar-refractivity contribution in [1.29, 1.82) is 0 Å². The molecule has 2 aromatic heterocycles. The first-order valence-electron chi connectivity index (χ1n) is 13.3. The molecular formula is C32H20Cl2F4N5O2S+. The Hall–Kier alpha value is -4.62. The van der Waals surface area contributed by atoms with Gasteiger partial charge in [-0.15, -0.1) is 11.3 Å². The third kappa shape index (κ3) is 5.32. The lowest BCUT2D eigenvalue weighted by Crippen LogP contribution is -2.46. The number of allylic oxidation sites excluding steroid dienone is 2. The van der Waals surface area contributed by atoms with E-state index in [0.717, 1.165) is 0 Å². The molecule has 46 heavy (non-hydrogen) atoms. The molecule has 1 N–H and O–H groups in total. The number of alkyl halides is 3. The van der Waals surface area contributed by atoms with E-state index in [1.807, 2.05) is 0 Å². The van der Waals surface area contributed by atoms with Gasteiger partial charge in [-0.25, -0.2) is 18.9 Å². The molecule has 0 saturated carbocycles. The Morgan fingerprint density at radius 1 is 1.04 bits per heavy atom. The number of aliphatic imine (C=N–C) groups is 1. The van der Waals surface area contributed by atoms with E-state index in [-0.39, 0.29) is 21.3 Å². The highest BCUT2D eigenvalue weighted by molar-refractivity contribution is 7.14. The quantitative estimate of drug-likeness (QED) is 0.117. The maximum Gasteiger partial charge on any atom is 0.435 e. The van der Waals surface area contributed by atoms with Gasteiger partial charge in [-0.05, 0) is 41.2 Å². The lowest BCUT2D eigenvalue weighted by Gasteiger charge is -2.29. The first kappa shape index (κ1) is 31.4. The Bertz CT molecular complexity index is 2140. The summed E-state index contributed by atoms with van der Waals surface area (Å²) in [7, 11) is 1.57. The second-order valence-electron chi connectivity index (χ2n) is 10.3. The van der Waals surface area contributed by atoms with Crippen molar-refractivity contribution in [1.82, 2.24) is 14.3 Å². The minimum Gasteiger partial charge on any atom is -0.318 e. The van der Waals surface area contributed by atoms with Crippen LogP contribution < -0.4 is 9.80 Å². The van der Waals surface area contributed by atoms with Crippen LogP contribution in [-0.2, 0) is 6.18 Å². The molecule has 0 saturated heterocycles. The Morgan fingerprint density at radius 3 is 2.46 bits per heavy atom. The molecule has 1 unspecified atom stereocenters. The van der Waals surface area contributed by atoms with Gasteiger partial charge >= 0.3 is 12.1 Å². The number of hydrogen-bond donors (Lipinski definition) is 1. The number of carbonyl (C=O) groups is 2. The maximum absolute atomic E-state index is 14.8. The molecule has 5 aromatic rings. The van der Waals surface area contributed by atoms with Crippen molar-refractivity contribution in [2.24, 2.45) is 4.99 Å². The molecule has 0 fully saturated rings. The van der Waals surface area contributed by atoms with Crippen molar-refractivity contribution >= 4 is 81.0 Å². The van der Waals surface area contributed by atoms with Gasteiger partial charge in [-0.3, -0.25) is 4.79 Å². The maximum atomic E-state index is 14.8. The molecule has 3 heterocycles. The molecule has 0 aliphatic carbocycles. The predicted octanol–water partition coefficient (Wildman–Crippen LogP) is 9.20. The van der Waals surface area contributed by atoms with Gasteiger partial charge in [-0.2, -0.15) is 22.8 Å². The van der Waals surface area contributed by atoms with Crippen molar-refractivity contribution < 1.29 is 27.2 Å². The van der Waals surface area contributed by atoms with E-state index in [2.05, 4.69) is 22.1 Å². The van der Waals surface area contributed by atoms with Crippen LogP contribution >= 0.6 is 34.5 Å². The molecule has 232 valence electrons. The number of amides is 2. The fourth-order valence-corrected chi connectivity index (χ4v) is 6.64. The molecule has 1 atom stereocenters. The minimum atomic E-state index is -4.92. The highest BCUT2D eigenvalue weighted by Crippen LogP contribution is 2.43. The number of rotatable bonds is 3. The number of halogens is 6. The van der Waals surface area contributed by atoms with Crippen LogP contribution in [0.15, 0.2) is 94.4 Å². The smallest absolute Gasteiger partial charge is 0.318 e. The van der Waals surface area contributed by atoms with Crippen LogP contribution in [0, 0.1) is 5.82 Å². The zero-order valence-corrected chi connectivity index (χ0v) is 25.9. The van der Waals surface area contributed by atoms with Crippen molar-refractivity contribution in [2.75, 3.05) is 12.4 Å². The summed E-state index contributed by atoms with van der Waals surface area (Å²) < 4.78 is 55.3. The van der Waals surface area contributed by atoms with Gasteiger partial charge in [0.25, 0.3) is 5.91 Å². The Kier molecular flexibility index (Phi) is 7.93. The summed E-state index contributed by atoms with van der Waals surface area (Å²) in [5, 5.41) is 8.68. The van der Waals surface area contributed by atoms with Crippen LogP contribution in [0.1, 0.15) is 26.5 Å². The summed E-state index contributed by atoms with van der Waals surface area (Å²) in [6.07, 6.45) is -2.22. The molecule has 1 aliphatic rings. The van der Waals surface area contributed by atoms with E-state index in [0.29, 0.717) is 37.6 Å². The molecule has 1 aliphatic heterocycles. The van der Waals surface area contributed by atoms with Gasteiger partial charge in [0.15, 0.2) is 17.2 Å². The second kappa shape index (κ2) is 11.6. The van der Waals surface area contributed by atoms with Crippen molar-refractivity contribution in [3.8, 4) is 10.4 Å². The predicted molar refractivity (Wildman–Crippen MR) is 174 cm³/mol. The van der Waals surface area contributed by atoms with E-state index >= 15 is 0 Å². The average Bonchev–Trinajstić information content (AvgIpc) is 3.70. The van der Waals surface area contributed by atoms with Crippen LogP contribution in [0.5, 0.6) is 0 Å². The highest BCUT2D eigenvalue weighted by Gasteiger charge is 2.41. The molecule has 7 nitrogen and oxygen atoms in total. The SMILES string of the molecule is C=N/C1=C(Cl)\C=C/[N+](C)(c2ccsc2-c2ccc(F)cc2)C(=O)c2cc3ccccc3c(Cl)c2NC(=O)c2cc(C(F)(F)F)nn21. The summed E-state index contributed by atoms with van der Waals surface area (Å²) >= 11 is 14.7. The highest BCUT2D eigenvalue weighted by atomic mass is 35.5. The number of thiophene rings is 1. The zero-order valence-electron chi connectivity index (χ0n) is 23.6. The molecule has 2 amide bonds. The van der Waals surface area contributed by atoms with Crippen LogP contribution in [0.3, 0.4) is 0 Å². The molecule has 0 radical (unpaired) electrons.